The summed E-state index contributed by atoms with van der Waals surface area (Å²) in [4.78, 5) is 10.5. The maximum atomic E-state index is 13.1. The molecule has 0 aliphatic carbocycles. The van der Waals surface area contributed by atoms with Crippen molar-refractivity contribution in [2.75, 3.05) is 25.1 Å². The maximum absolute atomic E-state index is 13.1. The fourth-order valence-corrected chi connectivity index (χ4v) is 4.59. The number of hydrogen-bond donors (Lipinski definition) is 0. The lowest BCUT2D eigenvalue weighted by molar-refractivity contribution is -0.384. The number of hydrogen-bond acceptors (Lipinski definition) is 6. The molecule has 0 N–H and O–H groups in total. The van der Waals surface area contributed by atoms with E-state index < -0.39 is 14.9 Å². The molecule has 0 bridgehead atoms. The van der Waals surface area contributed by atoms with Gasteiger partial charge >= 0.3 is 0 Å². The molecule has 26 heavy (non-hydrogen) atoms. The van der Waals surface area contributed by atoms with Gasteiger partial charge in [-0.15, -0.1) is 0 Å². The summed E-state index contributed by atoms with van der Waals surface area (Å²) in [6.07, 6.45) is 0. The Morgan fingerprint density at radius 2 is 1.73 bits per heavy atom. The average molecular weight is 445 g/mol. The third kappa shape index (κ3) is 3.75. The minimum Gasteiger partial charge on any atom is -0.496 e. The van der Waals surface area contributed by atoms with E-state index in [2.05, 4.69) is 15.9 Å². The molecule has 0 radical (unpaired) electrons. The first-order valence-corrected chi connectivity index (χ1v) is 9.68. The van der Waals surface area contributed by atoms with Gasteiger partial charge in [-0.2, -0.15) is 0 Å². The minimum absolute atomic E-state index is 0.0144. The summed E-state index contributed by atoms with van der Waals surface area (Å²) in [5.74, 6) is 0.702. The van der Waals surface area contributed by atoms with Gasteiger partial charge in [-0.3, -0.25) is 14.4 Å². The molecule has 2 aromatic carbocycles. The van der Waals surface area contributed by atoms with Crippen LogP contribution in [0.25, 0.3) is 0 Å². The standard InChI is InChI=1S/C16H17BrN2O6S/c1-4-18(14-9-11(19(20)21)5-7-16(14)25-3)26(22,23)12-6-8-15(24-2)13(17)10-12/h5-10H,4H2,1-3H3. The molecule has 0 aromatic heterocycles. The van der Waals surface area contributed by atoms with E-state index in [1.54, 1.807) is 6.92 Å². The molecule has 0 spiro atoms. The summed E-state index contributed by atoms with van der Waals surface area (Å²) in [5.41, 5.74) is -0.137. The van der Waals surface area contributed by atoms with Crippen LogP contribution < -0.4 is 13.8 Å². The highest BCUT2D eigenvalue weighted by atomic mass is 79.9. The average Bonchev–Trinajstić information content (AvgIpc) is 2.61. The zero-order valence-corrected chi connectivity index (χ0v) is 16.7. The smallest absolute Gasteiger partial charge is 0.271 e. The van der Waals surface area contributed by atoms with Crippen LogP contribution >= 0.6 is 15.9 Å². The molecule has 0 saturated heterocycles. The number of ether oxygens (including phenoxy) is 2. The van der Waals surface area contributed by atoms with Crippen molar-refractivity contribution in [2.24, 2.45) is 0 Å². The van der Waals surface area contributed by atoms with Crippen LogP contribution in [-0.4, -0.2) is 34.1 Å². The molecule has 0 heterocycles. The second-order valence-electron chi connectivity index (χ2n) is 5.08. The van der Waals surface area contributed by atoms with Crippen molar-refractivity contribution >= 4 is 37.3 Å². The number of halogens is 1. The predicted octanol–water partition coefficient (Wildman–Crippen LogP) is 3.59. The number of nitrogens with zero attached hydrogens (tertiary/aromatic N) is 2. The number of sulfonamides is 1. The first-order chi connectivity index (χ1) is 12.3. The summed E-state index contributed by atoms with van der Waals surface area (Å²) in [7, 11) is -1.14. The van der Waals surface area contributed by atoms with Gasteiger partial charge in [0, 0.05) is 18.7 Å². The fraction of sp³-hybridized carbons (Fsp3) is 0.250. The molecule has 0 unspecified atom stereocenters. The van der Waals surface area contributed by atoms with Gasteiger partial charge < -0.3 is 9.47 Å². The van der Waals surface area contributed by atoms with E-state index in [0.29, 0.717) is 10.2 Å². The van der Waals surface area contributed by atoms with Crippen molar-refractivity contribution in [1.29, 1.82) is 0 Å². The van der Waals surface area contributed by atoms with Crippen LogP contribution in [0.1, 0.15) is 6.92 Å². The molecule has 10 heteroatoms. The highest BCUT2D eigenvalue weighted by Gasteiger charge is 2.28. The number of anilines is 1. The summed E-state index contributed by atoms with van der Waals surface area (Å²) >= 11 is 3.26. The SMILES string of the molecule is CCN(c1cc([N+](=O)[O-])ccc1OC)S(=O)(=O)c1ccc(OC)c(Br)c1. The lowest BCUT2D eigenvalue weighted by atomic mass is 10.2. The summed E-state index contributed by atoms with van der Waals surface area (Å²) in [6.45, 7) is 1.69. The van der Waals surface area contributed by atoms with Gasteiger partial charge in [-0.05, 0) is 47.1 Å². The Balaban J connectivity index is 2.61. The highest BCUT2D eigenvalue weighted by Crippen LogP contribution is 2.36. The van der Waals surface area contributed by atoms with Crippen molar-refractivity contribution in [1.82, 2.24) is 0 Å². The van der Waals surface area contributed by atoms with Gasteiger partial charge in [-0.1, -0.05) is 0 Å². The largest absolute Gasteiger partial charge is 0.496 e. The Morgan fingerprint density at radius 3 is 2.23 bits per heavy atom. The van der Waals surface area contributed by atoms with Crippen LogP contribution in [-0.2, 0) is 10.0 Å². The first-order valence-electron chi connectivity index (χ1n) is 7.45. The van der Waals surface area contributed by atoms with Crippen LogP contribution in [0.2, 0.25) is 0 Å². The van der Waals surface area contributed by atoms with Crippen molar-refractivity contribution < 1.29 is 22.8 Å². The van der Waals surface area contributed by atoms with Crippen LogP contribution in [0.5, 0.6) is 11.5 Å². The van der Waals surface area contributed by atoms with Crippen LogP contribution in [0.4, 0.5) is 11.4 Å². The Bertz CT molecular complexity index is 932. The highest BCUT2D eigenvalue weighted by molar-refractivity contribution is 9.10. The lowest BCUT2D eigenvalue weighted by Gasteiger charge is -2.24. The summed E-state index contributed by atoms with van der Waals surface area (Å²) in [6, 6.07) is 8.16. The maximum Gasteiger partial charge on any atom is 0.271 e. The molecule has 0 aliphatic heterocycles. The Hall–Kier alpha value is -2.33. The molecular weight excluding hydrogens is 428 g/mol. The van der Waals surface area contributed by atoms with Crippen molar-refractivity contribution in [3.05, 3.63) is 51.0 Å². The number of nitro benzene ring substituents is 1. The van der Waals surface area contributed by atoms with E-state index in [9.17, 15) is 18.5 Å². The quantitative estimate of drug-likeness (QED) is 0.477. The van der Waals surface area contributed by atoms with E-state index in [0.717, 1.165) is 4.31 Å². The van der Waals surface area contributed by atoms with E-state index in [-0.39, 0.29) is 28.6 Å². The van der Waals surface area contributed by atoms with Gasteiger partial charge in [0.25, 0.3) is 15.7 Å². The molecule has 0 fully saturated rings. The van der Waals surface area contributed by atoms with Gasteiger partial charge in [0.05, 0.1) is 28.5 Å². The zero-order chi connectivity index (χ0) is 19.5. The van der Waals surface area contributed by atoms with Crippen molar-refractivity contribution in [3.63, 3.8) is 0 Å². The number of non-ortho nitro benzene ring substituents is 1. The predicted molar refractivity (Wildman–Crippen MR) is 101 cm³/mol. The molecule has 0 saturated carbocycles. The normalized spacial score (nSPS) is 11.1. The molecule has 0 amide bonds. The third-order valence-corrected chi connectivity index (χ3v) is 6.14. The zero-order valence-electron chi connectivity index (χ0n) is 14.3. The molecule has 2 rings (SSSR count). The number of benzene rings is 2. The minimum atomic E-state index is -3.98. The van der Waals surface area contributed by atoms with E-state index >= 15 is 0 Å². The van der Waals surface area contributed by atoms with Crippen LogP contribution in [0, 0.1) is 10.1 Å². The molecule has 8 nitrogen and oxygen atoms in total. The van der Waals surface area contributed by atoms with Crippen molar-refractivity contribution in [3.8, 4) is 11.5 Å². The van der Waals surface area contributed by atoms with Crippen LogP contribution in [0.15, 0.2) is 45.8 Å². The monoisotopic (exact) mass is 444 g/mol. The molecule has 0 aliphatic rings. The topological polar surface area (TPSA) is 99.0 Å². The molecule has 140 valence electrons. The fourth-order valence-electron chi connectivity index (χ4n) is 2.39. The Labute approximate surface area is 159 Å². The van der Waals surface area contributed by atoms with E-state index in [1.165, 1.54) is 50.6 Å². The van der Waals surface area contributed by atoms with Gasteiger partial charge in [0.2, 0.25) is 0 Å². The second-order valence-corrected chi connectivity index (χ2v) is 7.80. The van der Waals surface area contributed by atoms with Gasteiger partial charge in [0.1, 0.15) is 17.2 Å². The second kappa shape index (κ2) is 7.92. The van der Waals surface area contributed by atoms with E-state index in [1.807, 2.05) is 0 Å². The molecular formula is C16H17BrN2O6S. The number of nitro groups is 1. The first kappa shape index (κ1) is 20.0. The van der Waals surface area contributed by atoms with E-state index in [4.69, 9.17) is 9.47 Å². The Kier molecular flexibility index (Phi) is 6.09. The Morgan fingerprint density at radius 1 is 1.12 bits per heavy atom. The number of rotatable bonds is 7. The van der Waals surface area contributed by atoms with Crippen molar-refractivity contribution in [2.45, 2.75) is 11.8 Å². The van der Waals surface area contributed by atoms with Gasteiger partial charge in [-0.25, -0.2) is 8.42 Å². The lowest BCUT2D eigenvalue weighted by Crippen LogP contribution is -2.31. The molecule has 0 atom stereocenters. The van der Waals surface area contributed by atoms with Gasteiger partial charge in [0.15, 0.2) is 0 Å². The molecule has 2 aromatic rings. The number of methoxy groups -OCH3 is 2. The van der Waals surface area contributed by atoms with Crippen LogP contribution in [0.3, 0.4) is 0 Å². The summed E-state index contributed by atoms with van der Waals surface area (Å²) in [5, 5.41) is 11.1. The summed E-state index contributed by atoms with van der Waals surface area (Å²) < 4.78 is 38.1. The third-order valence-electron chi connectivity index (χ3n) is 3.64.